The van der Waals surface area contributed by atoms with Crippen LogP contribution in [0.3, 0.4) is 0 Å². The van der Waals surface area contributed by atoms with Crippen LogP contribution in [0.1, 0.15) is 19.8 Å². The van der Waals surface area contributed by atoms with E-state index < -0.39 is 17.8 Å². The largest absolute Gasteiger partial charge is 0.481 e. The zero-order valence-corrected chi connectivity index (χ0v) is 10.4. The van der Waals surface area contributed by atoms with Gasteiger partial charge in [0.2, 0.25) is 5.91 Å². The molecule has 2 rings (SSSR count). The van der Waals surface area contributed by atoms with Crippen LogP contribution in [0.5, 0.6) is 0 Å². The van der Waals surface area contributed by atoms with Crippen LogP contribution in [0.15, 0.2) is 12.2 Å². The first-order chi connectivity index (χ1) is 8.58. The van der Waals surface area contributed by atoms with Gasteiger partial charge in [-0.2, -0.15) is 0 Å². The summed E-state index contributed by atoms with van der Waals surface area (Å²) in [7, 11) is 0. The van der Waals surface area contributed by atoms with Gasteiger partial charge >= 0.3 is 5.97 Å². The van der Waals surface area contributed by atoms with Crippen LogP contribution >= 0.6 is 0 Å². The fourth-order valence-corrected chi connectivity index (χ4v) is 3.09. The van der Waals surface area contributed by atoms with Gasteiger partial charge < -0.3 is 15.5 Å². The Hall–Kier alpha value is -1.36. The summed E-state index contributed by atoms with van der Waals surface area (Å²) in [6, 6.07) is -0.282. The molecular weight excluding hydrogens is 234 g/mol. The van der Waals surface area contributed by atoms with E-state index in [0.717, 1.165) is 6.42 Å². The van der Waals surface area contributed by atoms with E-state index in [1.807, 2.05) is 19.1 Å². The van der Waals surface area contributed by atoms with Crippen LogP contribution < -0.4 is 5.32 Å². The fraction of sp³-hybridized carbons (Fsp3) is 0.692. The molecule has 0 aromatic rings. The van der Waals surface area contributed by atoms with E-state index in [-0.39, 0.29) is 30.4 Å². The van der Waals surface area contributed by atoms with Gasteiger partial charge in [-0.1, -0.05) is 19.1 Å². The maximum Gasteiger partial charge on any atom is 0.307 e. The van der Waals surface area contributed by atoms with E-state index in [2.05, 4.69) is 5.32 Å². The standard InChI is InChI=1S/C13H19NO4/c1-2-9(6-15)14-12(16)10-7-3-4-8(5-7)11(10)13(17)18/h3-4,7-11,15H,2,5-6H2,1H3,(H,14,16)(H,17,18)/t7?,8?,9?,10-,11+/m0/s1. The molecule has 1 fully saturated rings. The lowest BCUT2D eigenvalue weighted by Gasteiger charge is -2.25. The highest BCUT2D eigenvalue weighted by Crippen LogP contribution is 2.48. The van der Waals surface area contributed by atoms with Crippen LogP contribution in [-0.2, 0) is 9.59 Å². The third-order valence-corrected chi connectivity index (χ3v) is 4.11. The van der Waals surface area contributed by atoms with Gasteiger partial charge in [-0.15, -0.1) is 0 Å². The van der Waals surface area contributed by atoms with Crippen LogP contribution in [0.4, 0.5) is 0 Å². The smallest absolute Gasteiger partial charge is 0.307 e. The number of hydrogen-bond donors (Lipinski definition) is 3. The summed E-state index contributed by atoms with van der Waals surface area (Å²) in [6.45, 7) is 1.76. The van der Waals surface area contributed by atoms with Gasteiger partial charge in [0.25, 0.3) is 0 Å². The highest BCUT2D eigenvalue weighted by atomic mass is 16.4. The van der Waals surface area contributed by atoms with Crippen molar-refractivity contribution in [3.63, 3.8) is 0 Å². The Bertz CT molecular complexity index is 375. The van der Waals surface area contributed by atoms with E-state index in [9.17, 15) is 14.7 Å². The van der Waals surface area contributed by atoms with Gasteiger partial charge in [0, 0.05) is 0 Å². The molecule has 0 aliphatic heterocycles. The highest BCUT2D eigenvalue weighted by molar-refractivity contribution is 5.87. The first-order valence-corrected chi connectivity index (χ1v) is 6.40. The zero-order valence-electron chi connectivity index (χ0n) is 10.4. The Morgan fingerprint density at radius 1 is 1.33 bits per heavy atom. The molecule has 1 amide bonds. The maximum absolute atomic E-state index is 12.2. The Labute approximate surface area is 106 Å². The third-order valence-electron chi connectivity index (χ3n) is 4.11. The zero-order chi connectivity index (χ0) is 13.3. The molecule has 0 aromatic carbocycles. The van der Waals surface area contributed by atoms with Gasteiger partial charge in [-0.05, 0) is 24.7 Å². The van der Waals surface area contributed by atoms with Crippen LogP contribution in [0, 0.1) is 23.7 Å². The molecule has 0 aromatic heterocycles. The number of allylic oxidation sites excluding steroid dienone is 2. The van der Waals surface area contributed by atoms with Gasteiger partial charge in [-0.25, -0.2) is 0 Å². The third kappa shape index (κ3) is 2.14. The van der Waals surface area contributed by atoms with Crippen molar-refractivity contribution in [1.82, 2.24) is 5.32 Å². The fourth-order valence-electron chi connectivity index (χ4n) is 3.09. The molecule has 18 heavy (non-hydrogen) atoms. The number of carboxylic acid groups (broad SMARTS) is 1. The predicted octanol–water partition coefficient (Wildman–Crippen LogP) is 0.396. The van der Waals surface area contributed by atoms with Gasteiger partial charge in [0.15, 0.2) is 0 Å². The summed E-state index contributed by atoms with van der Waals surface area (Å²) >= 11 is 0. The number of amides is 1. The predicted molar refractivity (Wildman–Crippen MR) is 64.7 cm³/mol. The van der Waals surface area contributed by atoms with Gasteiger partial charge in [0.1, 0.15) is 0 Å². The molecule has 3 unspecified atom stereocenters. The van der Waals surface area contributed by atoms with Crippen molar-refractivity contribution in [3.05, 3.63) is 12.2 Å². The van der Waals surface area contributed by atoms with Gasteiger partial charge in [-0.3, -0.25) is 9.59 Å². The van der Waals surface area contributed by atoms with E-state index >= 15 is 0 Å². The average Bonchev–Trinajstić information content (AvgIpc) is 2.95. The minimum atomic E-state index is -0.899. The van der Waals surface area contributed by atoms with Crippen molar-refractivity contribution in [3.8, 4) is 0 Å². The molecule has 3 N–H and O–H groups in total. The molecule has 2 aliphatic carbocycles. The topological polar surface area (TPSA) is 86.6 Å². The Kier molecular flexibility index (Phi) is 3.71. The second-order valence-corrected chi connectivity index (χ2v) is 5.13. The minimum Gasteiger partial charge on any atom is -0.481 e. The minimum absolute atomic E-state index is 0.0162. The molecule has 100 valence electrons. The monoisotopic (exact) mass is 253 g/mol. The number of fused-ring (bicyclic) bond motifs is 2. The first kappa shape index (κ1) is 13.1. The average molecular weight is 253 g/mol. The molecule has 5 atom stereocenters. The lowest BCUT2D eigenvalue weighted by Crippen LogP contribution is -2.45. The number of carbonyl (C=O) groups is 2. The van der Waals surface area contributed by atoms with Crippen molar-refractivity contribution in [2.75, 3.05) is 6.61 Å². The molecule has 5 heteroatoms. The summed E-state index contributed by atoms with van der Waals surface area (Å²) in [5.74, 6) is -2.22. The lowest BCUT2D eigenvalue weighted by atomic mass is 9.82. The molecule has 5 nitrogen and oxygen atoms in total. The molecule has 2 aliphatic rings. The number of rotatable bonds is 5. The second-order valence-electron chi connectivity index (χ2n) is 5.13. The summed E-state index contributed by atoms with van der Waals surface area (Å²) < 4.78 is 0. The Morgan fingerprint density at radius 2 is 1.94 bits per heavy atom. The second kappa shape index (κ2) is 5.10. The van der Waals surface area contributed by atoms with Crippen molar-refractivity contribution < 1.29 is 19.8 Å². The number of aliphatic hydroxyl groups excluding tert-OH is 1. The molecular formula is C13H19NO4. The highest BCUT2D eigenvalue weighted by Gasteiger charge is 2.51. The summed E-state index contributed by atoms with van der Waals surface area (Å²) in [4.78, 5) is 23.4. The van der Waals surface area contributed by atoms with Crippen LogP contribution in [-0.4, -0.2) is 34.7 Å². The number of aliphatic hydroxyl groups is 1. The SMILES string of the molecule is CCC(CO)NC(=O)[C@H]1C2C=CC(C2)[C@H]1C(=O)O. The number of carboxylic acids is 1. The van der Waals surface area contributed by atoms with Crippen molar-refractivity contribution >= 4 is 11.9 Å². The van der Waals surface area contributed by atoms with Crippen molar-refractivity contribution in [2.45, 2.75) is 25.8 Å². The number of nitrogens with one attached hydrogen (secondary N) is 1. The van der Waals surface area contributed by atoms with Crippen molar-refractivity contribution in [2.24, 2.45) is 23.7 Å². The van der Waals surface area contributed by atoms with E-state index in [1.165, 1.54) is 0 Å². The molecule has 0 heterocycles. The van der Waals surface area contributed by atoms with E-state index in [0.29, 0.717) is 6.42 Å². The van der Waals surface area contributed by atoms with Gasteiger partial charge in [0.05, 0.1) is 24.5 Å². The van der Waals surface area contributed by atoms with Crippen molar-refractivity contribution in [1.29, 1.82) is 0 Å². The summed E-state index contributed by atoms with van der Waals surface area (Å²) in [5.41, 5.74) is 0. The molecule has 0 spiro atoms. The quantitative estimate of drug-likeness (QED) is 0.619. The molecule has 2 bridgehead atoms. The van der Waals surface area contributed by atoms with E-state index in [1.54, 1.807) is 0 Å². The lowest BCUT2D eigenvalue weighted by molar-refractivity contribution is -0.148. The molecule has 0 radical (unpaired) electrons. The van der Waals surface area contributed by atoms with Crippen LogP contribution in [0.25, 0.3) is 0 Å². The molecule has 0 saturated heterocycles. The number of hydrogen-bond acceptors (Lipinski definition) is 3. The Morgan fingerprint density at radius 3 is 2.44 bits per heavy atom. The number of carbonyl (C=O) groups excluding carboxylic acids is 1. The summed E-state index contributed by atoms with van der Waals surface area (Å²) in [6.07, 6.45) is 5.26. The summed E-state index contributed by atoms with van der Waals surface area (Å²) in [5, 5.41) is 21.1. The van der Waals surface area contributed by atoms with Crippen LogP contribution in [0.2, 0.25) is 0 Å². The van der Waals surface area contributed by atoms with E-state index in [4.69, 9.17) is 5.11 Å². The Balaban J connectivity index is 2.09. The normalized spacial score (nSPS) is 34.6. The number of aliphatic carboxylic acids is 1. The maximum atomic E-state index is 12.2. The molecule has 1 saturated carbocycles. The first-order valence-electron chi connectivity index (χ1n) is 6.40.